The minimum atomic E-state index is -2.34. The first-order chi connectivity index (χ1) is 21.5. The number of anilines is 2. The minimum absolute atomic E-state index is 0.00545. The number of hydrogen-bond acceptors (Lipinski definition) is 3. The number of rotatable bonds is 4. The standard InChI is InChI=1S/C37H40N4O.Pt/c1-25-13-14-26-15-16-30(23-34(26)41(25)35-21-27(17-18-38-35)36(2,3)4)42-31-20-28(37(5,6)7)19-29(22-31)40-24-39(8)32-11-9-10-12-33(32)40;/h9-12,15-21,25H,13-14H2,1-8H3;/q-2;/i8D3;. The number of pyridine rings is 1. The van der Waals surface area contributed by atoms with Crippen LogP contribution in [-0.4, -0.2) is 20.2 Å². The van der Waals surface area contributed by atoms with Gasteiger partial charge in [0.1, 0.15) is 0 Å². The summed E-state index contributed by atoms with van der Waals surface area (Å²) in [6.45, 7) is 13.0. The molecular formula is C37H40N4OPt-2. The molecule has 43 heavy (non-hydrogen) atoms. The number of para-hydroxylation sites is 2. The third-order valence-electron chi connectivity index (χ3n) is 8.22. The summed E-state index contributed by atoms with van der Waals surface area (Å²) in [5.74, 6) is 2.04. The van der Waals surface area contributed by atoms with Crippen molar-refractivity contribution in [1.82, 2.24) is 14.1 Å². The summed E-state index contributed by atoms with van der Waals surface area (Å²) in [7, 11) is 0. The van der Waals surface area contributed by atoms with Crippen molar-refractivity contribution in [3.63, 3.8) is 0 Å². The summed E-state index contributed by atoms with van der Waals surface area (Å²) in [5, 5.41) is 0. The molecule has 6 heteroatoms. The molecule has 0 aliphatic carbocycles. The number of fused-ring (bicyclic) bond motifs is 2. The topological polar surface area (TPSA) is 35.2 Å². The number of ether oxygens (including phenoxy) is 1. The molecule has 226 valence electrons. The van der Waals surface area contributed by atoms with Gasteiger partial charge in [-0.2, -0.15) is 0 Å². The summed E-state index contributed by atoms with van der Waals surface area (Å²) in [6, 6.07) is 27.3. The second-order valence-corrected chi connectivity index (χ2v) is 14.5. The van der Waals surface area contributed by atoms with Gasteiger partial charge in [0.15, 0.2) is 0 Å². The van der Waals surface area contributed by atoms with E-state index in [1.54, 1.807) is 0 Å². The van der Waals surface area contributed by atoms with Crippen molar-refractivity contribution in [2.75, 3.05) is 4.90 Å². The van der Waals surface area contributed by atoms with Crippen LogP contribution in [0.4, 0.5) is 11.5 Å². The molecule has 6 rings (SSSR count). The number of imidazole rings is 1. The zero-order valence-corrected chi connectivity index (χ0v) is 28.1. The molecule has 0 radical (unpaired) electrons. The molecule has 2 aromatic heterocycles. The summed E-state index contributed by atoms with van der Waals surface area (Å²) in [6.07, 6.45) is 3.88. The van der Waals surface area contributed by atoms with Crippen molar-refractivity contribution in [2.24, 2.45) is 6.98 Å². The molecule has 5 aromatic rings. The van der Waals surface area contributed by atoms with Gasteiger partial charge in [-0.15, -0.1) is 0 Å². The van der Waals surface area contributed by atoms with Crippen LogP contribution in [0.3, 0.4) is 0 Å². The zero-order valence-electron chi connectivity index (χ0n) is 28.9. The average molecular weight is 755 g/mol. The second kappa shape index (κ2) is 10.9. The summed E-state index contributed by atoms with van der Waals surface area (Å²) >= 11 is 2.10. The van der Waals surface area contributed by atoms with Crippen LogP contribution >= 0.6 is 0 Å². The van der Waals surface area contributed by atoms with E-state index in [0.717, 1.165) is 35.4 Å². The Morgan fingerprint density at radius 3 is 2.37 bits per heavy atom. The monoisotopic (exact) mass is 754 g/mol. The fourth-order valence-electron chi connectivity index (χ4n) is 5.64. The van der Waals surface area contributed by atoms with Crippen molar-refractivity contribution in [2.45, 2.75) is 78.2 Å². The van der Waals surface area contributed by atoms with Crippen LogP contribution in [0.25, 0.3) is 16.7 Å². The first-order valence-electron chi connectivity index (χ1n) is 16.3. The number of nitrogens with zero attached hydrogens (tertiary/aromatic N) is 4. The van der Waals surface area contributed by atoms with Gasteiger partial charge in [-0.3, -0.25) is 0 Å². The third kappa shape index (κ3) is 5.65. The molecule has 0 saturated carbocycles. The first-order valence-corrected chi connectivity index (χ1v) is 15.9. The van der Waals surface area contributed by atoms with E-state index < -0.39 is 6.98 Å². The van der Waals surface area contributed by atoms with Crippen LogP contribution in [0, 0.1) is 15.9 Å². The molecule has 5 nitrogen and oxygen atoms in total. The molecule has 1 aliphatic rings. The Kier molecular flexibility index (Phi) is 6.61. The van der Waals surface area contributed by atoms with E-state index in [4.69, 9.17) is 13.8 Å². The van der Waals surface area contributed by atoms with Gasteiger partial charge in [0, 0.05) is 6.20 Å². The molecule has 0 bridgehead atoms. The van der Waals surface area contributed by atoms with Crippen molar-refractivity contribution in [1.29, 1.82) is 0 Å². The molecule has 0 N–H and O–H groups in total. The van der Waals surface area contributed by atoms with E-state index in [1.165, 1.54) is 15.7 Å². The Labute approximate surface area is 270 Å². The van der Waals surface area contributed by atoms with Crippen LogP contribution < -0.4 is 9.64 Å². The maximum absolute atomic E-state index is 8.25. The average Bonchev–Trinajstić information content (AvgIpc) is 3.28. The molecular weight excluding hydrogens is 712 g/mol. The summed E-state index contributed by atoms with van der Waals surface area (Å²) in [5.41, 5.74) is 6.40. The number of benzene rings is 3. The van der Waals surface area contributed by atoms with E-state index >= 15 is 0 Å². The maximum atomic E-state index is 8.25. The van der Waals surface area contributed by atoms with Crippen LogP contribution in [0.15, 0.2) is 66.9 Å². The number of aromatic nitrogens is 3. The van der Waals surface area contributed by atoms with Crippen molar-refractivity contribution >= 4 is 22.5 Å². The molecule has 0 spiro atoms. The van der Waals surface area contributed by atoms with E-state index in [-0.39, 0.29) is 16.9 Å². The van der Waals surface area contributed by atoms with Gasteiger partial charge in [-0.25, -0.2) is 0 Å². The van der Waals surface area contributed by atoms with E-state index in [0.29, 0.717) is 26.5 Å². The number of hydrogen-bond donors (Lipinski definition) is 0. The van der Waals surface area contributed by atoms with Crippen LogP contribution in [0.5, 0.6) is 11.5 Å². The Morgan fingerprint density at radius 1 is 0.907 bits per heavy atom. The van der Waals surface area contributed by atoms with Gasteiger partial charge in [-0.05, 0) is 17.0 Å². The summed E-state index contributed by atoms with van der Waals surface area (Å²) in [4.78, 5) is 7.07. The molecule has 1 aliphatic heterocycles. The van der Waals surface area contributed by atoms with Crippen LogP contribution in [0.2, 0.25) is 0 Å². The number of aryl methyl sites for hydroxylation is 2. The van der Waals surface area contributed by atoms with Gasteiger partial charge in [0.05, 0.1) is 0 Å². The quantitative estimate of drug-likeness (QED) is 0.172. The molecule has 0 amide bonds. The van der Waals surface area contributed by atoms with Crippen molar-refractivity contribution in [3.05, 3.63) is 99.5 Å². The van der Waals surface area contributed by atoms with Gasteiger partial charge in [0.2, 0.25) is 0 Å². The third-order valence-corrected chi connectivity index (χ3v) is 9.23. The molecule has 1 unspecified atom stereocenters. The Balaban J connectivity index is 1.46. The SMILES string of the molecule is [2H]C([2H])([2H])n1[c](=[Pt])n(-c2[c-]c(Oc3[c-]c4c(cc3)CCC(C)N4c3cc(C(C)(C)C)ccn3)cc(C(C)(C)C)c2)c2ccccc21. The predicted molar refractivity (Wildman–Crippen MR) is 171 cm³/mol. The molecule has 3 heterocycles. The van der Waals surface area contributed by atoms with Gasteiger partial charge < -0.3 is 0 Å². The van der Waals surface area contributed by atoms with Gasteiger partial charge in [0.25, 0.3) is 0 Å². The Bertz CT molecular complexity index is 2000. The first kappa shape index (κ1) is 26.0. The molecule has 0 fully saturated rings. The fraction of sp³-hybridized carbons (Fsp3) is 0.351. The molecule has 1 atom stereocenters. The van der Waals surface area contributed by atoms with Gasteiger partial charge in [-0.1, -0.05) is 20.8 Å². The normalized spacial score (nSPS) is 16.9. The van der Waals surface area contributed by atoms with Crippen molar-refractivity contribution < 1.29 is 28.2 Å². The second-order valence-electron chi connectivity index (χ2n) is 13.5. The molecule has 3 aromatic carbocycles. The van der Waals surface area contributed by atoms with E-state index in [2.05, 4.69) is 109 Å². The fourth-order valence-corrected chi connectivity index (χ4v) is 6.47. The van der Waals surface area contributed by atoms with E-state index in [9.17, 15) is 0 Å². The van der Waals surface area contributed by atoms with E-state index in [1.807, 2.05) is 47.2 Å². The molecule has 0 saturated heterocycles. The van der Waals surface area contributed by atoms with Crippen molar-refractivity contribution in [3.8, 4) is 17.2 Å². The zero-order chi connectivity index (χ0) is 33.2. The Morgan fingerprint density at radius 2 is 1.65 bits per heavy atom. The van der Waals surface area contributed by atoms with Gasteiger partial charge >= 0.3 is 228 Å². The Hall–Kier alpha value is -3.43. The van der Waals surface area contributed by atoms with Crippen LogP contribution in [-0.2, 0) is 43.6 Å². The van der Waals surface area contributed by atoms with Crippen LogP contribution in [0.1, 0.15) is 75.7 Å². The predicted octanol–water partition coefficient (Wildman–Crippen LogP) is 8.90. The summed E-state index contributed by atoms with van der Waals surface area (Å²) < 4.78 is 35.2.